The van der Waals surface area contributed by atoms with Gasteiger partial charge in [0.15, 0.2) is 11.3 Å². The van der Waals surface area contributed by atoms with Crippen LogP contribution in [0.3, 0.4) is 0 Å². The highest BCUT2D eigenvalue weighted by atomic mass is 16.6. The molecule has 0 saturated heterocycles. The summed E-state index contributed by atoms with van der Waals surface area (Å²) in [4.78, 5) is 28.6. The lowest BCUT2D eigenvalue weighted by Crippen LogP contribution is -2.20. The fourth-order valence-electron chi connectivity index (χ4n) is 3.49. The standard InChI is InChI=1S/C20H14N6O3/c1-21-16-10-11-17-22-18-14-4-2-3-5-15(14)20(27)24(19(18)25(17)23-16)12-6-8-13(9-7-12)26(28)29/h2-11H,1H3,(H,21,23). The summed E-state index contributed by atoms with van der Waals surface area (Å²) in [5, 5.41) is 19.8. The van der Waals surface area contributed by atoms with Gasteiger partial charge < -0.3 is 5.32 Å². The van der Waals surface area contributed by atoms with Gasteiger partial charge in [-0.3, -0.25) is 19.5 Å². The number of hydrogen-bond acceptors (Lipinski definition) is 6. The average molecular weight is 386 g/mol. The summed E-state index contributed by atoms with van der Waals surface area (Å²) in [5.41, 5.74) is 1.90. The van der Waals surface area contributed by atoms with Crippen molar-refractivity contribution in [2.24, 2.45) is 0 Å². The van der Waals surface area contributed by atoms with Crippen molar-refractivity contribution in [2.75, 3.05) is 12.4 Å². The second-order valence-corrected chi connectivity index (χ2v) is 6.48. The molecule has 0 aliphatic heterocycles. The zero-order valence-electron chi connectivity index (χ0n) is 15.2. The fourth-order valence-corrected chi connectivity index (χ4v) is 3.49. The largest absolute Gasteiger partial charge is 0.372 e. The van der Waals surface area contributed by atoms with Crippen LogP contribution in [0.1, 0.15) is 0 Å². The number of benzene rings is 2. The predicted molar refractivity (Wildman–Crippen MR) is 110 cm³/mol. The number of pyridine rings is 1. The van der Waals surface area contributed by atoms with Crippen LogP contribution in [0.2, 0.25) is 0 Å². The predicted octanol–water partition coefficient (Wildman–Crippen LogP) is 3.14. The number of nitro groups is 1. The van der Waals surface area contributed by atoms with Crippen molar-refractivity contribution < 1.29 is 4.92 Å². The first-order chi connectivity index (χ1) is 14.1. The molecule has 29 heavy (non-hydrogen) atoms. The van der Waals surface area contributed by atoms with Crippen molar-refractivity contribution in [3.8, 4) is 5.69 Å². The Bertz CT molecular complexity index is 1480. The van der Waals surface area contributed by atoms with E-state index in [9.17, 15) is 14.9 Å². The maximum atomic E-state index is 13.4. The Labute approximate surface area is 163 Å². The van der Waals surface area contributed by atoms with E-state index >= 15 is 0 Å². The summed E-state index contributed by atoms with van der Waals surface area (Å²) in [5.74, 6) is 0.618. The van der Waals surface area contributed by atoms with E-state index in [4.69, 9.17) is 4.98 Å². The topological polar surface area (TPSA) is 107 Å². The summed E-state index contributed by atoms with van der Waals surface area (Å²) in [6, 6.07) is 16.7. The van der Waals surface area contributed by atoms with Gasteiger partial charge in [0.05, 0.1) is 10.6 Å². The highest BCUT2D eigenvalue weighted by Gasteiger charge is 2.19. The Hall–Kier alpha value is -4.27. The van der Waals surface area contributed by atoms with Gasteiger partial charge >= 0.3 is 0 Å². The molecule has 0 amide bonds. The minimum Gasteiger partial charge on any atom is -0.372 e. The summed E-state index contributed by atoms with van der Waals surface area (Å²) in [6.45, 7) is 0. The number of nitrogens with zero attached hydrogens (tertiary/aromatic N) is 5. The van der Waals surface area contributed by atoms with Crippen molar-refractivity contribution >= 4 is 39.1 Å². The van der Waals surface area contributed by atoms with Crippen molar-refractivity contribution in [2.45, 2.75) is 0 Å². The van der Waals surface area contributed by atoms with Gasteiger partial charge in [-0.25, -0.2) is 4.98 Å². The van der Waals surface area contributed by atoms with E-state index in [0.717, 1.165) is 5.39 Å². The number of non-ortho nitro benzene ring substituents is 1. The number of nitro benzene ring substituents is 1. The van der Waals surface area contributed by atoms with Crippen LogP contribution in [0.15, 0.2) is 65.5 Å². The molecule has 0 aliphatic carbocycles. The van der Waals surface area contributed by atoms with Gasteiger partial charge in [0.1, 0.15) is 11.3 Å². The van der Waals surface area contributed by atoms with Gasteiger partial charge in [0, 0.05) is 30.0 Å². The van der Waals surface area contributed by atoms with E-state index in [1.807, 2.05) is 18.2 Å². The first-order valence-electron chi connectivity index (χ1n) is 8.84. The molecule has 0 spiro atoms. The van der Waals surface area contributed by atoms with E-state index < -0.39 is 4.92 Å². The highest BCUT2D eigenvalue weighted by molar-refractivity contribution is 6.04. The molecule has 5 aromatic rings. The van der Waals surface area contributed by atoms with E-state index in [-0.39, 0.29) is 11.2 Å². The molecule has 9 nitrogen and oxygen atoms in total. The molecule has 0 fully saturated rings. The minimum atomic E-state index is -0.475. The third-order valence-electron chi connectivity index (χ3n) is 4.86. The van der Waals surface area contributed by atoms with E-state index in [2.05, 4.69) is 10.4 Å². The van der Waals surface area contributed by atoms with Crippen LogP contribution in [-0.4, -0.2) is 31.1 Å². The quantitative estimate of drug-likeness (QED) is 0.377. The Morgan fingerprint density at radius 3 is 2.41 bits per heavy atom. The van der Waals surface area contributed by atoms with Crippen molar-refractivity contribution in [1.29, 1.82) is 0 Å². The minimum absolute atomic E-state index is 0.0485. The normalized spacial score (nSPS) is 11.3. The van der Waals surface area contributed by atoms with Crippen molar-refractivity contribution in [3.05, 3.63) is 81.1 Å². The number of rotatable bonds is 3. The molecule has 3 aromatic heterocycles. The van der Waals surface area contributed by atoms with Crippen LogP contribution >= 0.6 is 0 Å². The Morgan fingerprint density at radius 1 is 1.00 bits per heavy atom. The summed E-state index contributed by atoms with van der Waals surface area (Å²) >= 11 is 0. The first kappa shape index (κ1) is 16.9. The van der Waals surface area contributed by atoms with Crippen LogP contribution in [0.4, 0.5) is 11.5 Å². The molecule has 1 N–H and O–H groups in total. The monoisotopic (exact) mass is 386 g/mol. The van der Waals surface area contributed by atoms with Crippen LogP contribution in [0.25, 0.3) is 33.3 Å². The molecule has 142 valence electrons. The van der Waals surface area contributed by atoms with Gasteiger partial charge in [0.25, 0.3) is 11.2 Å². The smallest absolute Gasteiger partial charge is 0.269 e. The van der Waals surface area contributed by atoms with Crippen molar-refractivity contribution in [1.82, 2.24) is 19.2 Å². The summed E-state index contributed by atoms with van der Waals surface area (Å²) in [7, 11) is 1.76. The lowest BCUT2D eigenvalue weighted by molar-refractivity contribution is -0.384. The third-order valence-corrected chi connectivity index (χ3v) is 4.86. The molecule has 0 unspecified atom stereocenters. The fraction of sp³-hybridized carbons (Fsp3) is 0.0500. The van der Waals surface area contributed by atoms with Gasteiger partial charge in [-0.1, -0.05) is 18.2 Å². The summed E-state index contributed by atoms with van der Waals surface area (Å²) in [6.07, 6.45) is 0. The van der Waals surface area contributed by atoms with Gasteiger partial charge in [0.2, 0.25) is 0 Å². The number of nitrogens with one attached hydrogen (secondary N) is 1. The molecule has 0 saturated carbocycles. The molecule has 9 heteroatoms. The molecule has 2 aromatic carbocycles. The maximum absolute atomic E-state index is 13.4. The van der Waals surface area contributed by atoms with E-state index in [1.54, 1.807) is 41.9 Å². The van der Waals surface area contributed by atoms with E-state index in [1.165, 1.54) is 16.7 Å². The molecule has 0 atom stereocenters. The third kappa shape index (κ3) is 2.44. The summed E-state index contributed by atoms with van der Waals surface area (Å²) < 4.78 is 3.10. The number of fused-ring (bicyclic) bond motifs is 5. The number of aromatic nitrogens is 4. The zero-order chi connectivity index (χ0) is 20.1. The van der Waals surface area contributed by atoms with Crippen LogP contribution in [0, 0.1) is 10.1 Å². The Kier molecular flexibility index (Phi) is 3.56. The van der Waals surface area contributed by atoms with Crippen LogP contribution < -0.4 is 10.9 Å². The van der Waals surface area contributed by atoms with Gasteiger partial charge in [-0.05, 0) is 30.3 Å². The Morgan fingerprint density at radius 2 is 1.72 bits per heavy atom. The molecule has 0 aliphatic rings. The molecule has 0 bridgehead atoms. The molecular weight excluding hydrogens is 372 g/mol. The van der Waals surface area contributed by atoms with Gasteiger partial charge in [-0.15, -0.1) is 5.10 Å². The maximum Gasteiger partial charge on any atom is 0.269 e. The lowest BCUT2D eigenvalue weighted by atomic mass is 10.1. The second-order valence-electron chi connectivity index (χ2n) is 6.48. The SMILES string of the molecule is CNc1ccc2nc3c4ccccc4c(=O)n(-c4ccc([N+](=O)[O-])cc4)c3n2n1. The van der Waals surface area contributed by atoms with Gasteiger partial charge in [-0.2, -0.15) is 4.52 Å². The molecular formula is C20H14N6O3. The number of imidazole rings is 1. The molecule has 5 rings (SSSR count). The number of hydrogen-bond donors (Lipinski definition) is 1. The first-order valence-corrected chi connectivity index (χ1v) is 8.84. The highest BCUT2D eigenvalue weighted by Crippen LogP contribution is 2.26. The lowest BCUT2D eigenvalue weighted by Gasteiger charge is -2.10. The van der Waals surface area contributed by atoms with Crippen LogP contribution in [-0.2, 0) is 0 Å². The molecule has 3 heterocycles. The van der Waals surface area contributed by atoms with Crippen molar-refractivity contribution in [3.63, 3.8) is 0 Å². The zero-order valence-corrected chi connectivity index (χ0v) is 15.2. The van der Waals surface area contributed by atoms with Crippen LogP contribution in [0.5, 0.6) is 0 Å². The average Bonchev–Trinajstić information content (AvgIpc) is 3.13. The van der Waals surface area contributed by atoms with E-state index in [0.29, 0.717) is 33.7 Å². The Balaban J connectivity index is 1.98. The molecule has 0 radical (unpaired) electrons. The number of anilines is 1. The second kappa shape index (κ2) is 6.13.